The Morgan fingerprint density at radius 2 is 2.05 bits per heavy atom. The summed E-state index contributed by atoms with van der Waals surface area (Å²) >= 11 is 1.69. The maximum absolute atomic E-state index is 4.45. The van der Waals surface area contributed by atoms with Crippen molar-refractivity contribution in [2.75, 3.05) is 7.05 Å². The summed E-state index contributed by atoms with van der Waals surface area (Å²) in [5.41, 5.74) is 2.02. The lowest BCUT2D eigenvalue weighted by Gasteiger charge is -2.10. The minimum atomic E-state index is 0.651. The van der Waals surface area contributed by atoms with E-state index in [0.717, 1.165) is 22.4 Å². The van der Waals surface area contributed by atoms with Gasteiger partial charge in [-0.15, -0.1) is 11.3 Å². The molecule has 106 valence electrons. The zero-order valence-corrected chi connectivity index (χ0v) is 12.8. The van der Waals surface area contributed by atoms with Crippen LogP contribution in [0.15, 0.2) is 29.4 Å². The summed E-state index contributed by atoms with van der Waals surface area (Å²) < 4.78 is 0. The summed E-state index contributed by atoms with van der Waals surface area (Å²) in [5, 5.41) is 7.54. The molecular weight excluding hydrogens is 270 g/mol. The minimum Gasteiger partial charge on any atom is -0.351 e. The first kappa shape index (κ1) is 14.5. The van der Waals surface area contributed by atoms with Gasteiger partial charge >= 0.3 is 0 Å². The molecule has 2 aromatic rings. The highest BCUT2D eigenvalue weighted by Gasteiger charge is 2.02. The zero-order chi connectivity index (χ0) is 14.4. The van der Waals surface area contributed by atoms with Crippen LogP contribution in [0.5, 0.6) is 0 Å². The Morgan fingerprint density at radius 3 is 2.70 bits per heavy atom. The fourth-order valence-electron chi connectivity index (χ4n) is 1.74. The lowest BCUT2D eigenvalue weighted by atomic mass is 10.3. The number of hydrogen-bond acceptors (Lipinski definition) is 4. The van der Waals surface area contributed by atoms with Crippen LogP contribution in [0, 0.1) is 13.8 Å². The van der Waals surface area contributed by atoms with Gasteiger partial charge in [-0.05, 0) is 26.0 Å². The molecule has 0 aliphatic heterocycles. The van der Waals surface area contributed by atoms with Crippen LogP contribution in [0.2, 0.25) is 0 Å². The summed E-state index contributed by atoms with van der Waals surface area (Å²) in [6.07, 6.45) is 1.88. The topological polar surface area (TPSA) is 62.2 Å². The van der Waals surface area contributed by atoms with E-state index in [4.69, 9.17) is 0 Å². The normalized spacial score (nSPS) is 11.4. The summed E-state index contributed by atoms with van der Waals surface area (Å²) in [6.45, 7) is 5.37. The third-order valence-electron chi connectivity index (χ3n) is 2.68. The number of nitrogens with zero attached hydrogens (tertiary/aromatic N) is 3. The number of pyridine rings is 1. The number of nitrogens with one attached hydrogen (secondary N) is 2. The summed E-state index contributed by atoms with van der Waals surface area (Å²) in [5.74, 6) is 0.751. The standard InChI is InChI=1S/C14H19N5S/c1-10-5-4-6-12(19-10)8-17-14(15-3)18-9-13-16-7-11(2)20-13/h4-7H,8-9H2,1-3H3,(H2,15,17,18). The molecule has 0 unspecified atom stereocenters. The first-order valence-corrected chi connectivity index (χ1v) is 7.27. The molecule has 0 aliphatic rings. The Morgan fingerprint density at radius 1 is 1.25 bits per heavy atom. The fraction of sp³-hybridized carbons (Fsp3) is 0.357. The highest BCUT2D eigenvalue weighted by atomic mass is 32.1. The van der Waals surface area contributed by atoms with Crippen molar-refractivity contribution >= 4 is 17.3 Å². The lowest BCUT2D eigenvalue weighted by Crippen LogP contribution is -2.36. The number of thiazole rings is 1. The van der Waals surface area contributed by atoms with Gasteiger partial charge in [0.25, 0.3) is 0 Å². The first-order valence-electron chi connectivity index (χ1n) is 6.45. The molecule has 6 heteroatoms. The summed E-state index contributed by atoms with van der Waals surface area (Å²) in [7, 11) is 1.76. The summed E-state index contributed by atoms with van der Waals surface area (Å²) in [6, 6.07) is 5.99. The Kier molecular flexibility index (Phi) is 5.06. The van der Waals surface area contributed by atoms with E-state index in [1.165, 1.54) is 4.88 Å². The molecule has 0 spiro atoms. The fourth-order valence-corrected chi connectivity index (χ4v) is 2.46. The second-order valence-electron chi connectivity index (χ2n) is 4.41. The number of aryl methyl sites for hydroxylation is 2. The van der Waals surface area contributed by atoms with E-state index in [1.807, 2.05) is 31.3 Å². The van der Waals surface area contributed by atoms with Gasteiger partial charge in [-0.25, -0.2) is 4.98 Å². The van der Waals surface area contributed by atoms with E-state index >= 15 is 0 Å². The number of aliphatic imine (C=N–C) groups is 1. The quantitative estimate of drug-likeness (QED) is 0.668. The molecule has 2 aromatic heterocycles. The van der Waals surface area contributed by atoms with Crippen LogP contribution in [0.25, 0.3) is 0 Å². The molecule has 20 heavy (non-hydrogen) atoms. The van der Waals surface area contributed by atoms with Crippen molar-refractivity contribution in [3.8, 4) is 0 Å². The number of rotatable bonds is 4. The Labute approximate surface area is 123 Å². The lowest BCUT2D eigenvalue weighted by molar-refractivity contribution is 0.789. The zero-order valence-electron chi connectivity index (χ0n) is 12.0. The van der Waals surface area contributed by atoms with E-state index in [9.17, 15) is 0 Å². The number of guanidine groups is 1. The SMILES string of the molecule is CN=C(NCc1cccc(C)n1)NCc1ncc(C)s1. The largest absolute Gasteiger partial charge is 0.351 e. The monoisotopic (exact) mass is 289 g/mol. The molecule has 0 bridgehead atoms. The van der Waals surface area contributed by atoms with Gasteiger partial charge in [0, 0.05) is 23.8 Å². The van der Waals surface area contributed by atoms with Gasteiger partial charge in [-0.2, -0.15) is 0 Å². The van der Waals surface area contributed by atoms with Gasteiger partial charge in [-0.3, -0.25) is 9.98 Å². The second kappa shape index (κ2) is 7.00. The second-order valence-corrected chi connectivity index (χ2v) is 5.73. The molecule has 0 aliphatic carbocycles. The van der Waals surface area contributed by atoms with Crippen LogP contribution < -0.4 is 10.6 Å². The van der Waals surface area contributed by atoms with Crippen LogP contribution >= 0.6 is 11.3 Å². The summed E-state index contributed by atoms with van der Waals surface area (Å²) in [4.78, 5) is 14.2. The predicted molar refractivity (Wildman–Crippen MR) is 82.9 cm³/mol. The molecule has 0 saturated heterocycles. The van der Waals surface area contributed by atoms with E-state index in [-0.39, 0.29) is 0 Å². The first-order chi connectivity index (χ1) is 9.67. The maximum Gasteiger partial charge on any atom is 0.191 e. The Bertz CT molecular complexity index is 591. The van der Waals surface area contributed by atoms with E-state index < -0.39 is 0 Å². The molecule has 0 radical (unpaired) electrons. The highest BCUT2D eigenvalue weighted by Crippen LogP contribution is 2.10. The third-order valence-corrected chi connectivity index (χ3v) is 3.60. The van der Waals surface area contributed by atoms with Gasteiger partial charge < -0.3 is 10.6 Å². The molecule has 2 heterocycles. The maximum atomic E-state index is 4.45. The smallest absolute Gasteiger partial charge is 0.191 e. The molecule has 0 atom stereocenters. The van der Waals surface area contributed by atoms with E-state index in [1.54, 1.807) is 18.4 Å². The van der Waals surface area contributed by atoms with Gasteiger partial charge in [0.05, 0.1) is 18.8 Å². The predicted octanol–water partition coefficient (Wildman–Crippen LogP) is 2.02. The molecule has 0 saturated carbocycles. The van der Waals surface area contributed by atoms with Crippen LogP contribution in [-0.4, -0.2) is 23.0 Å². The Hall–Kier alpha value is -1.95. The van der Waals surface area contributed by atoms with Crippen molar-refractivity contribution in [3.05, 3.63) is 45.7 Å². The van der Waals surface area contributed by atoms with E-state index in [2.05, 4.69) is 32.5 Å². The average Bonchev–Trinajstić information content (AvgIpc) is 2.85. The molecule has 2 rings (SSSR count). The van der Waals surface area contributed by atoms with Crippen LogP contribution in [-0.2, 0) is 13.1 Å². The van der Waals surface area contributed by atoms with Crippen LogP contribution in [0.4, 0.5) is 0 Å². The van der Waals surface area contributed by atoms with Gasteiger partial charge in [0.1, 0.15) is 5.01 Å². The number of hydrogen-bond donors (Lipinski definition) is 2. The van der Waals surface area contributed by atoms with Crippen molar-refractivity contribution in [2.45, 2.75) is 26.9 Å². The van der Waals surface area contributed by atoms with Gasteiger partial charge in [0.2, 0.25) is 0 Å². The third kappa shape index (κ3) is 4.31. The molecule has 2 N–H and O–H groups in total. The molecule has 5 nitrogen and oxygen atoms in total. The van der Waals surface area contributed by atoms with Crippen molar-refractivity contribution in [1.82, 2.24) is 20.6 Å². The van der Waals surface area contributed by atoms with Crippen molar-refractivity contribution in [1.29, 1.82) is 0 Å². The molecule has 0 aromatic carbocycles. The van der Waals surface area contributed by atoms with Crippen molar-refractivity contribution in [3.63, 3.8) is 0 Å². The molecule has 0 fully saturated rings. The number of aromatic nitrogens is 2. The van der Waals surface area contributed by atoms with Crippen LogP contribution in [0.1, 0.15) is 21.3 Å². The van der Waals surface area contributed by atoms with E-state index in [0.29, 0.717) is 13.1 Å². The van der Waals surface area contributed by atoms with Gasteiger partial charge in [-0.1, -0.05) is 6.07 Å². The van der Waals surface area contributed by atoms with Crippen molar-refractivity contribution in [2.24, 2.45) is 4.99 Å². The molecular formula is C14H19N5S. The Balaban J connectivity index is 1.84. The van der Waals surface area contributed by atoms with Crippen LogP contribution in [0.3, 0.4) is 0 Å². The van der Waals surface area contributed by atoms with Crippen molar-refractivity contribution < 1.29 is 0 Å². The average molecular weight is 289 g/mol. The highest BCUT2D eigenvalue weighted by molar-refractivity contribution is 7.11. The van der Waals surface area contributed by atoms with Gasteiger partial charge in [0.15, 0.2) is 5.96 Å². The molecule has 0 amide bonds. The minimum absolute atomic E-state index is 0.651.